The van der Waals surface area contributed by atoms with Crippen LogP contribution in [0.5, 0.6) is 0 Å². The van der Waals surface area contributed by atoms with Gasteiger partial charge in [0.15, 0.2) is 5.96 Å². The Labute approximate surface area is 137 Å². The van der Waals surface area contributed by atoms with Crippen molar-refractivity contribution in [3.05, 3.63) is 0 Å². The van der Waals surface area contributed by atoms with Crippen molar-refractivity contribution in [1.82, 2.24) is 9.80 Å². The summed E-state index contributed by atoms with van der Waals surface area (Å²) in [6, 6.07) is 0. The minimum atomic E-state index is 0.770. The van der Waals surface area contributed by atoms with E-state index in [1.54, 1.807) is 0 Å². The molecule has 128 valence electrons. The number of likely N-dealkylation sites (tertiary alicyclic amines) is 2. The number of guanidine groups is 1. The summed E-state index contributed by atoms with van der Waals surface area (Å²) >= 11 is 0. The Balaban J connectivity index is 1.59. The third-order valence-electron chi connectivity index (χ3n) is 5.21. The van der Waals surface area contributed by atoms with Crippen molar-refractivity contribution in [2.75, 3.05) is 39.3 Å². The van der Waals surface area contributed by atoms with Crippen LogP contribution in [0, 0.1) is 17.8 Å². The van der Waals surface area contributed by atoms with Crippen LogP contribution in [0.3, 0.4) is 0 Å². The summed E-state index contributed by atoms with van der Waals surface area (Å²) in [6.07, 6.45) is 6.30. The van der Waals surface area contributed by atoms with Crippen molar-refractivity contribution in [2.24, 2.45) is 28.5 Å². The first kappa shape index (κ1) is 17.6. The van der Waals surface area contributed by atoms with Crippen LogP contribution in [0.4, 0.5) is 0 Å². The van der Waals surface area contributed by atoms with E-state index in [9.17, 15) is 0 Å². The number of hydrogen-bond donors (Lipinski definition) is 1. The smallest absolute Gasteiger partial charge is 0.191 e. The molecule has 0 aromatic heterocycles. The highest BCUT2D eigenvalue weighted by atomic mass is 15.3. The van der Waals surface area contributed by atoms with Crippen molar-refractivity contribution < 1.29 is 0 Å². The van der Waals surface area contributed by atoms with E-state index in [4.69, 9.17) is 5.73 Å². The first-order valence-electron chi connectivity index (χ1n) is 9.31. The summed E-state index contributed by atoms with van der Waals surface area (Å²) in [4.78, 5) is 9.48. The molecule has 2 heterocycles. The Morgan fingerprint density at radius 2 is 1.64 bits per heavy atom. The van der Waals surface area contributed by atoms with E-state index in [-0.39, 0.29) is 0 Å². The molecule has 4 nitrogen and oxygen atoms in total. The first-order valence-corrected chi connectivity index (χ1v) is 9.31. The second kappa shape index (κ2) is 8.76. The van der Waals surface area contributed by atoms with Gasteiger partial charge in [-0.1, -0.05) is 20.8 Å². The number of unbranched alkanes of at least 4 members (excludes halogenated alkanes) is 1. The van der Waals surface area contributed by atoms with Crippen molar-refractivity contribution >= 4 is 5.96 Å². The van der Waals surface area contributed by atoms with E-state index in [1.807, 2.05) is 0 Å². The van der Waals surface area contributed by atoms with Gasteiger partial charge in [0, 0.05) is 32.7 Å². The zero-order chi connectivity index (χ0) is 15.9. The van der Waals surface area contributed by atoms with E-state index >= 15 is 0 Å². The number of nitrogens with two attached hydrogens (primary N) is 1. The van der Waals surface area contributed by atoms with Gasteiger partial charge in [-0.25, -0.2) is 0 Å². The fourth-order valence-corrected chi connectivity index (χ4v) is 3.95. The highest BCUT2D eigenvalue weighted by Gasteiger charge is 2.21. The van der Waals surface area contributed by atoms with Gasteiger partial charge in [-0.3, -0.25) is 4.99 Å². The summed E-state index contributed by atoms with van der Waals surface area (Å²) in [6.45, 7) is 13.9. The van der Waals surface area contributed by atoms with E-state index in [1.165, 1.54) is 45.3 Å². The van der Waals surface area contributed by atoms with Crippen molar-refractivity contribution in [3.8, 4) is 0 Å². The normalized spacial score (nSPS) is 29.0. The molecule has 2 atom stereocenters. The standard InChI is InChI=1S/C18H36N4/c1-15-6-10-22(11-7-15)18(19)20-8-4-5-9-21-13-16(2)12-17(3)14-21/h15-17H,4-14H2,1-3H3,(H2,19,20). The molecule has 2 rings (SSSR count). The Kier molecular flexibility index (Phi) is 7.00. The lowest BCUT2D eigenvalue weighted by atomic mass is 9.92. The van der Waals surface area contributed by atoms with Crippen LogP contribution in [0.15, 0.2) is 4.99 Å². The summed E-state index contributed by atoms with van der Waals surface area (Å²) in [7, 11) is 0. The molecule has 2 unspecified atom stereocenters. The molecule has 0 bridgehead atoms. The predicted octanol–water partition coefficient (Wildman–Crippen LogP) is 2.79. The fraction of sp³-hybridized carbons (Fsp3) is 0.944. The lowest BCUT2D eigenvalue weighted by Gasteiger charge is -2.34. The van der Waals surface area contributed by atoms with Gasteiger partial charge in [-0.05, 0) is 56.4 Å². The van der Waals surface area contributed by atoms with Gasteiger partial charge in [0.05, 0.1) is 0 Å². The predicted molar refractivity (Wildman–Crippen MR) is 95.1 cm³/mol. The van der Waals surface area contributed by atoms with Gasteiger partial charge < -0.3 is 15.5 Å². The number of hydrogen-bond acceptors (Lipinski definition) is 2. The quantitative estimate of drug-likeness (QED) is 0.482. The molecular formula is C18H36N4. The number of piperidine rings is 2. The molecule has 0 aromatic rings. The molecule has 0 aliphatic carbocycles. The highest BCUT2D eigenvalue weighted by molar-refractivity contribution is 5.78. The Hall–Kier alpha value is -0.770. The summed E-state index contributed by atoms with van der Waals surface area (Å²) in [5.74, 6) is 3.34. The average Bonchev–Trinajstić information content (AvgIpc) is 2.46. The minimum Gasteiger partial charge on any atom is -0.370 e. The zero-order valence-electron chi connectivity index (χ0n) is 14.9. The van der Waals surface area contributed by atoms with Gasteiger partial charge >= 0.3 is 0 Å². The molecule has 2 fully saturated rings. The molecular weight excluding hydrogens is 272 g/mol. The molecule has 2 saturated heterocycles. The second-order valence-corrected chi connectivity index (χ2v) is 7.82. The number of aliphatic imine (C=N–C) groups is 1. The third kappa shape index (κ3) is 5.79. The monoisotopic (exact) mass is 308 g/mol. The van der Waals surface area contributed by atoms with Crippen LogP contribution >= 0.6 is 0 Å². The highest BCUT2D eigenvalue weighted by Crippen LogP contribution is 2.21. The number of nitrogens with zero attached hydrogens (tertiary/aromatic N) is 3. The molecule has 4 heteroatoms. The van der Waals surface area contributed by atoms with E-state index < -0.39 is 0 Å². The third-order valence-corrected chi connectivity index (χ3v) is 5.21. The minimum absolute atomic E-state index is 0.770. The maximum absolute atomic E-state index is 6.12. The molecule has 0 saturated carbocycles. The summed E-state index contributed by atoms with van der Waals surface area (Å²) < 4.78 is 0. The SMILES string of the molecule is CC1CCN(C(N)=NCCCCN2CC(C)CC(C)C2)CC1. The molecule has 2 N–H and O–H groups in total. The lowest BCUT2D eigenvalue weighted by molar-refractivity contribution is 0.139. The van der Waals surface area contributed by atoms with Crippen molar-refractivity contribution in [1.29, 1.82) is 0 Å². The van der Waals surface area contributed by atoms with Crippen LogP contribution in [-0.4, -0.2) is 55.0 Å². The van der Waals surface area contributed by atoms with Crippen molar-refractivity contribution in [2.45, 2.75) is 52.9 Å². The molecule has 0 radical (unpaired) electrons. The number of rotatable bonds is 5. The Morgan fingerprint density at radius 1 is 1.00 bits per heavy atom. The lowest BCUT2D eigenvalue weighted by Crippen LogP contribution is -2.42. The Morgan fingerprint density at radius 3 is 2.27 bits per heavy atom. The summed E-state index contributed by atoms with van der Waals surface area (Å²) in [5, 5.41) is 0. The molecule has 0 spiro atoms. The van der Waals surface area contributed by atoms with E-state index in [2.05, 4.69) is 35.6 Å². The second-order valence-electron chi connectivity index (χ2n) is 7.82. The van der Waals surface area contributed by atoms with Gasteiger partial charge in [0.25, 0.3) is 0 Å². The maximum Gasteiger partial charge on any atom is 0.191 e. The molecule has 2 aliphatic heterocycles. The molecule has 2 aliphatic rings. The van der Waals surface area contributed by atoms with Crippen LogP contribution in [-0.2, 0) is 0 Å². The van der Waals surface area contributed by atoms with Gasteiger partial charge in [0.1, 0.15) is 0 Å². The van der Waals surface area contributed by atoms with Crippen molar-refractivity contribution in [3.63, 3.8) is 0 Å². The van der Waals surface area contributed by atoms with Crippen LogP contribution in [0.25, 0.3) is 0 Å². The van der Waals surface area contributed by atoms with Gasteiger partial charge in [0.2, 0.25) is 0 Å². The average molecular weight is 309 g/mol. The first-order chi connectivity index (χ1) is 10.5. The largest absolute Gasteiger partial charge is 0.370 e. The van der Waals surface area contributed by atoms with E-state index in [0.29, 0.717) is 0 Å². The fourth-order valence-electron chi connectivity index (χ4n) is 3.95. The maximum atomic E-state index is 6.12. The topological polar surface area (TPSA) is 44.9 Å². The van der Waals surface area contributed by atoms with Crippen LogP contribution < -0.4 is 5.73 Å². The summed E-state index contributed by atoms with van der Waals surface area (Å²) in [5.41, 5.74) is 6.12. The zero-order valence-corrected chi connectivity index (χ0v) is 14.9. The van der Waals surface area contributed by atoms with Gasteiger partial charge in [-0.2, -0.15) is 0 Å². The van der Waals surface area contributed by atoms with E-state index in [0.717, 1.165) is 49.8 Å². The van der Waals surface area contributed by atoms with Crippen LogP contribution in [0.2, 0.25) is 0 Å². The Bertz CT molecular complexity index is 337. The van der Waals surface area contributed by atoms with Crippen LogP contribution in [0.1, 0.15) is 52.9 Å². The van der Waals surface area contributed by atoms with Gasteiger partial charge in [-0.15, -0.1) is 0 Å². The molecule has 0 amide bonds. The molecule has 22 heavy (non-hydrogen) atoms. The molecule has 0 aromatic carbocycles.